The predicted molar refractivity (Wildman–Crippen MR) is 124 cm³/mol. The summed E-state index contributed by atoms with van der Waals surface area (Å²) in [6, 6.07) is 22.5. The number of benzene rings is 3. The summed E-state index contributed by atoms with van der Waals surface area (Å²) >= 11 is 5.95. The molecule has 0 radical (unpaired) electrons. The van der Waals surface area contributed by atoms with Crippen LogP contribution in [0.3, 0.4) is 0 Å². The first kappa shape index (κ1) is 21.9. The molecule has 32 heavy (non-hydrogen) atoms. The Morgan fingerprint density at radius 2 is 1.66 bits per heavy atom. The maximum absolute atomic E-state index is 13.3. The molecule has 0 fully saturated rings. The summed E-state index contributed by atoms with van der Waals surface area (Å²) in [6.45, 7) is 2.80. The van der Waals surface area contributed by atoms with Gasteiger partial charge in [0.15, 0.2) is 0 Å². The molecule has 0 spiro atoms. The molecule has 1 N–H and O–H groups in total. The molecular weight excluding hydrogens is 448 g/mol. The molecule has 0 aliphatic rings. The maximum atomic E-state index is 13.3. The van der Waals surface area contributed by atoms with Crippen LogP contribution in [0.15, 0.2) is 93.2 Å². The molecule has 0 atom stereocenters. The Kier molecular flexibility index (Phi) is 6.48. The molecule has 1 aromatic heterocycles. The van der Waals surface area contributed by atoms with E-state index in [1.165, 1.54) is 12.1 Å². The van der Waals surface area contributed by atoms with Gasteiger partial charge in [0.25, 0.3) is 0 Å². The molecule has 4 aromatic rings. The van der Waals surface area contributed by atoms with Gasteiger partial charge in [-0.2, -0.15) is 4.98 Å². The summed E-state index contributed by atoms with van der Waals surface area (Å²) in [5, 5.41) is 3.53. The minimum absolute atomic E-state index is 0.0766. The standard InChI is InChI=1S/C24H21ClN2O4S/c1-2-30-20-14-10-18(11-15-20)22-27-24(32(28,29)21-6-4-3-5-7-21)23(31-22)26-16-17-8-12-19(25)13-9-17/h3-15,26H,2,16H2,1H3. The molecule has 0 saturated heterocycles. The van der Waals surface area contributed by atoms with Crippen LogP contribution >= 0.6 is 11.6 Å². The van der Waals surface area contributed by atoms with Crippen LogP contribution in [0.25, 0.3) is 11.5 Å². The van der Waals surface area contributed by atoms with Crippen LogP contribution in [0.1, 0.15) is 12.5 Å². The highest BCUT2D eigenvalue weighted by Gasteiger charge is 2.28. The highest BCUT2D eigenvalue weighted by atomic mass is 35.5. The zero-order chi connectivity index (χ0) is 22.6. The van der Waals surface area contributed by atoms with E-state index in [2.05, 4.69) is 10.3 Å². The lowest BCUT2D eigenvalue weighted by molar-refractivity contribution is 0.340. The SMILES string of the molecule is CCOc1ccc(-c2nc(S(=O)(=O)c3ccccc3)c(NCc3ccc(Cl)cc3)o2)cc1. The summed E-state index contributed by atoms with van der Waals surface area (Å²) < 4.78 is 37.9. The summed E-state index contributed by atoms with van der Waals surface area (Å²) in [7, 11) is -3.90. The van der Waals surface area contributed by atoms with E-state index in [0.717, 1.165) is 5.56 Å². The Morgan fingerprint density at radius 1 is 0.969 bits per heavy atom. The Balaban J connectivity index is 1.71. The smallest absolute Gasteiger partial charge is 0.234 e. The average Bonchev–Trinajstić information content (AvgIpc) is 3.25. The van der Waals surface area contributed by atoms with Crippen LogP contribution in [-0.2, 0) is 16.4 Å². The first-order valence-electron chi connectivity index (χ1n) is 10.00. The van der Waals surface area contributed by atoms with Crippen molar-refractivity contribution in [1.29, 1.82) is 0 Å². The fraction of sp³-hybridized carbons (Fsp3) is 0.125. The number of aromatic nitrogens is 1. The van der Waals surface area contributed by atoms with E-state index >= 15 is 0 Å². The van der Waals surface area contributed by atoms with Crippen LogP contribution in [0.4, 0.5) is 5.88 Å². The number of nitrogens with zero attached hydrogens (tertiary/aromatic N) is 1. The van der Waals surface area contributed by atoms with Crippen LogP contribution < -0.4 is 10.1 Å². The molecular formula is C24H21ClN2O4S. The monoisotopic (exact) mass is 468 g/mol. The Hall–Kier alpha value is -3.29. The second kappa shape index (κ2) is 9.46. The van der Waals surface area contributed by atoms with Crippen molar-refractivity contribution < 1.29 is 17.6 Å². The number of oxazole rings is 1. The highest BCUT2D eigenvalue weighted by molar-refractivity contribution is 7.91. The molecule has 6 nitrogen and oxygen atoms in total. The summed E-state index contributed by atoms with van der Waals surface area (Å²) in [5.41, 5.74) is 1.55. The van der Waals surface area contributed by atoms with Gasteiger partial charge in [0, 0.05) is 17.1 Å². The molecule has 1 heterocycles. The lowest BCUT2D eigenvalue weighted by Gasteiger charge is -2.06. The third-order valence-electron chi connectivity index (χ3n) is 4.68. The largest absolute Gasteiger partial charge is 0.494 e. The first-order valence-corrected chi connectivity index (χ1v) is 11.9. The zero-order valence-electron chi connectivity index (χ0n) is 17.3. The molecule has 0 aliphatic carbocycles. The number of anilines is 1. The van der Waals surface area contributed by atoms with Gasteiger partial charge in [0.2, 0.25) is 26.6 Å². The summed E-state index contributed by atoms with van der Waals surface area (Å²) in [4.78, 5) is 4.49. The van der Waals surface area contributed by atoms with Gasteiger partial charge in [-0.1, -0.05) is 41.9 Å². The maximum Gasteiger partial charge on any atom is 0.234 e. The van der Waals surface area contributed by atoms with Crippen LogP contribution in [0.2, 0.25) is 5.02 Å². The van der Waals surface area contributed by atoms with Gasteiger partial charge in [-0.3, -0.25) is 0 Å². The molecule has 0 unspecified atom stereocenters. The van der Waals surface area contributed by atoms with Gasteiger partial charge in [0.1, 0.15) is 5.75 Å². The second-order valence-corrected chi connectivity index (χ2v) is 9.21. The Bertz CT molecular complexity index is 1290. The van der Waals surface area contributed by atoms with Crippen molar-refractivity contribution in [3.63, 3.8) is 0 Å². The lowest BCUT2D eigenvalue weighted by atomic mass is 10.2. The number of hydrogen-bond donors (Lipinski definition) is 1. The molecule has 0 aliphatic heterocycles. The first-order chi connectivity index (χ1) is 15.5. The van der Waals surface area contributed by atoms with Crippen molar-refractivity contribution in [2.24, 2.45) is 0 Å². The van der Waals surface area contributed by atoms with Crippen LogP contribution in [-0.4, -0.2) is 20.0 Å². The van der Waals surface area contributed by atoms with E-state index in [1.54, 1.807) is 54.6 Å². The third-order valence-corrected chi connectivity index (χ3v) is 6.61. The number of sulfone groups is 1. The van der Waals surface area contributed by atoms with E-state index in [9.17, 15) is 8.42 Å². The fourth-order valence-electron chi connectivity index (χ4n) is 3.08. The van der Waals surface area contributed by atoms with Gasteiger partial charge in [-0.05, 0) is 61.0 Å². The van der Waals surface area contributed by atoms with Crippen molar-refractivity contribution in [2.45, 2.75) is 23.4 Å². The fourth-order valence-corrected chi connectivity index (χ4v) is 4.51. The zero-order valence-corrected chi connectivity index (χ0v) is 18.9. The molecule has 8 heteroatoms. The van der Waals surface area contributed by atoms with Gasteiger partial charge >= 0.3 is 0 Å². The molecule has 164 valence electrons. The molecule has 0 amide bonds. The van der Waals surface area contributed by atoms with E-state index in [1.807, 2.05) is 19.1 Å². The van der Waals surface area contributed by atoms with Crippen LogP contribution in [0, 0.1) is 0 Å². The normalized spacial score (nSPS) is 11.3. The van der Waals surface area contributed by atoms with Crippen molar-refractivity contribution in [2.75, 3.05) is 11.9 Å². The number of nitrogens with one attached hydrogen (secondary N) is 1. The molecule has 0 bridgehead atoms. The Morgan fingerprint density at radius 3 is 2.31 bits per heavy atom. The lowest BCUT2D eigenvalue weighted by Crippen LogP contribution is -2.07. The predicted octanol–water partition coefficient (Wildman–Crippen LogP) is 5.84. The second-order valence-electron chi connectivity index (χ2n) is 6.91. The van der Waals surface area contributed by atoms with Gasteiger partial charge in [-0.25, -0.2) is 8.42 Å². The average molecular weight is 469 g/mol. The quantitative estimate of drug-likeness (QED) is 0.350. The number of halogens is 1. The van der Waals surface area contributed by atoms with Gasteiger partial charge in [-0.15, -0.1) is 0 Å². The number of hydrogen-bond acceptors (Lipinski definition) is 6. The van der Waals surface area contributed by atoms with E-state index in [0.29, 0.717) is 29.5 Å². The van der Waals surface area contributed by atoms with Gasteiger partial charge < -0.3 is 14.5 Å². The van der Waals surface area contributed by atoms with Crippen molar-refractivity contribution in [3.8, 4) is 17.2 Å². The topological polar surface area (TPSA) is 81.4 Å². The highest BCUT2D eigenvalue weighted by Crippen LogP contribution is 2.33. The molecule has 4 rings (SSSR count). The van der Waals surface area contributed by atoms with E-state index in [4.69, 9.17) is 20.8 Å². The van der Waals surface area contributed by atoms with Crippen molar-refractivity contribution in [3.05, 3.63) is 89.4 Å². The third kappa shape index (κ3) is 4.79. The molecule has 3 aromatic carbocycles. The van der Waals surface area contributed by atoms with Gasteiger partial charge in [0.05, 0.1) is 11.5 Å². The summed E-state index contributed by atoms with van der Waals surface area (Å²) in [5.74, 6) is 0.981. The number of ether oxygens (including phenoxy) is 1. The Labute approximate surface area is 191 Å². The van der Waals surface area contributed by atoms with Crippen molar-refractivity contribution >= 4 is 27.3 Å². The summed E-state index contributed by atoms with van der Waals surface area (Å²) in [6.07, 6.45) is 0. The molecule has 0 saturated carbocycles. The number of rotatable bonds is 8. The minimum atomic E-state index is -3.90. The van der Waals surface area contributed by atoms with Crippen LogP contribution in [0.5, 0.6) is 5.75 Å². The van der Waals surface area contributed by atoms with Crippen molar-refractivity contribution in [1.82, 2.24) is 4.98 Å². The van der Waals surface area contributed by atoms with E-state index < -0.39 is 9.84 Å². The van der Waals surface area contributed by atoms with E-state index in [-0.39, 0.29) is 21.7 Å². The minimum Gasteiger partial charge on any atom is -0.494 e.